The van der Waals surface area contributed by atoms with Crippen molar-refractivity contribution >= 4 is 23.8 Å². The van der Waals surface area contributed by atoms with Gasteiger partial charge in [0.2, 0.25) is 0 Å². The SMILES string of the molecule is C=Nc1cc(C(=C)NCCc2ccc(C#N)cc2)ccc1N(Cc1ccoc1)C1CCCCC1. The summed E-state index contributed by atoms with van der Waals surface area (Å²) in [5, 5.41) is 12.4. The van der Waals surface area contributed by atoms with E-state index in [2.05, 4.69) is 52.8 Å². The highest BCUT2D eigenvalue weighted by Gasteiger charge is 2.24. The third-order valence-electron chi connectivity index (χ3n) is 6.59. The number of nitriles is 1. The van der Waals surface area contributed by atoms with Crippen molar-refractivity contribution in [3.63, 3.8) is 0 Å². The van der Waals surface area contributed by atoms with Gasteiger partial charge in [-0.2, -0.15) is 5.26 Å². The molecule has 0 aliphatic heterocycles. The molecule has 0 amide bonds. The number of hydrogen-bond acceptors (Lipinski definition) is 5. The van der Waals surface area contributed by atoms with Crippen LogP contribution in [0.25, 0.3) is 5.70 Å². The molecule has 4 rings (SSSR count). The second kappa shape index (κ2) is 11.4. The highest BCUT2D eigenvalue weighted by Crippen LogP contribution is 2.36. The predicted octanol–water partition coefficient (Wildman–Crippen LogP) is 6.63. The van der Waals surface area contributed by atoms with E-state index in [1.54, 1.807) is 6.26 Å². The van der Waals surface area contributed by atoms with Gasteiger partial charge in [0.05, 0.1) is 35.5 Å². The van der Waals surface area contributed by atoms with Crippen LogP contribution in [0.4, 0.5) is 11.4 Å². The van der Waals surface area contributed by atoms with Gasteiger partial charge < -0.3 is 14.6 Å². The van der Waals surface area contributed by atoms with Gasteiger partial charge in [0.15, 0.2) is 0 Å². The van der Waals surface area contributed by atoms with Crippen molar-refractivity contribution in [2.24, 2.45) is 4.99 Å². The molecule has 34 heavy (non-hydrogen) atoms. The molecule has 0 saturated heterocycles. The molecular formula is C29H32N4O. The van der Waals surface area contributed by atoms with Crippen molar-refractivity contribution < 1.29 is 4.42 Å². The molecule has 0 spiro atoms. The number of hydrogen-bond donors (Lipinski definition) is 1. The van der Waals surface area contributed by atoms with Crippen LogP contribution >= 0.6 is 0 Å². The van der Waals surface area contributed by atoms with Crippen LogP contribution in [0.15, 0.2) is 77.0 Å². The number of nitrogens with zero attached hydrogens (tertiary/aromatic N) is 3. The predicted molar refractivity (Wildman–Crippen MR) is 139 cm³/mol. The zero-order chi connectivity index (χ0) is 23.8. The van der Waals surface area contributed by atoms with E-state index in [4.69, 9.17) is 9.68 Å². The minimum absolute atomic E-state index is 0.490. The van der Waals surface area contributed by atoms with E-state index in [0.29, 0.717) is 11.6 Å². The Labute approximate surface area is 202 Å². The molecule has 3 aromatic rings. The van der Waals surface area contributed by atoms with Crippen LogP contribution in [0.2, 0.25) is 0 Å². The maximum atomic E-state index is 8.94. The number of benzene rings is 2. The Morgan fingerprint density at radius 2 is 1.88 bits per heavy atom. The summed E-state index contributed by atoms with van der Waals surface area (Å²) >= 11 is 0. The average molecular weight is 453 g/mol. The van der Waals surface area contributed by atoms with Crippen LogP contribution < -0.4 is 10.2 Å². The fourth-order valence-corrected chi connectivity index (χ4v) is 4.67. The third kappa shape index (κ3) is 5.77. The molecule has 0 unspecified atom stereocenters. The van der Waals surface area contributed by atoms with Gasteiger partial charge in [-0.3, -0.25) is 4.99 Å². The molecule has 0 radical (unpaired) electrons. The molecule has 1 aromatic heterocycles. The molecule has 1 heterocycles. The summed E-state index contributed by atoms with van der Waals surface area (Å²) in [5.74, 6) is 0. The van der Waals surface area contributed by atoms with Gasteiger partial charge in [0.1, 0.15) is 0 Å². The molecule has 1 saturated carbocycles. The molecule has 174 valence electrons. The number of furan rings is 1. The lowest BCUT2D eigenvalue weighted by Crippen LogP contribution is -2.36. The highest BCUT2D eigenvalue weighted by molar-refractivity contribution is 5.76. The minimum atomic E-state index is 0.490. The zero-order valence-corrected chi connectivity index (χ0v) is 19.7. The Hall–Kier alpha value is -3.78. The summed E-state index contributed by atoms with van der Waals surface area (Å²) in [4.78, 5) is 6.86. The molecule has 5 heteroatoms. The van der Waals surface area contributed by atoms with E-state index < -0.39 is 0 Å². The Bertz CT molecular complexity index is 1140. The first-order valence-electron chi connectivity index (χ1n) is 12.0. The van der Waals surface area contributed by atoms with Crippen LogP contribution in [0.5, 0.6) is 0 Å². The lowest BCUT2D eigenvalue weighted by atomic mass is 9.93. The van der Waals surface area contributed by atoms with E-state index in [9.17, 15) is 0 Å². The van der Waals surface area contributed by atoms with Gasteiger partial charge in [-0.15, -0.1) is 0 Å². The first-order chi connectivity index (χ1) is 16.7. The third-order valence-corrected chi connectivity index (χ3v) is 6.59. The van der Waals surface area contributed by atoms with Gasteiger partial charge >= 0.3 is 0 Å². The Morgan fingerprint density at radius 1 is 1.09 bits per heavy atom. The van der Waals surface area contributed by atoms with Gasteiger partial charge in [-0.25, -0.2) is 0 Å². The molecule has 1 aliphatic carbocycles. The standard InChI is InChI=1S/C29H32N4O/c1-22(32-16-14-23-8-10-24(19-30)11-9-23)26-12-13-29(28(18-26)31-2)33(20-25-15-17-34-21-25)27-6-4-3-5-7-27/h8-13,15,17-18,21,27,32H,1-7,14,16,20H2. The monoisotopic (exact) mass is 452 g/mol. The van der Waals surface area contributed by atoms with Crippen LogP contribution in [-0.2, 0) is 13.0 Å². The first-order valence-corrected chi connectivity index (χ1v) is 12.0. The molecule has 1 aliphatic rings. The number of rotatable bonds is 10. The van der Waals surface area contributed by atoms with Crippen molar-refractivity contribution in [2.45, 2.75) is 51.1 Å². The summed E-state index contributed by atoms with van der Waals surface area (Å²) in [6, 6.07) is 18.7. The van der Waals surface area contributed by atoms with Crippen molar-refractivity contribution in [2.75, 3.05) is 11.4 Å². The van der Waals surface area contributed by atoms with Gasteiger partial charge in [0.25, 0.3) is 0 Å². The minimum Gasteiger partial charge on any atom is -0.472 e. The van der Waals surface area contributed by atoms with Gasteiger partial charge in [0, 0.05) is 30.4 Å². The summed E-state index contributed by atoms with van der Waals surface area (Å²) in [6.45, 7) is 9.67. The lowest BCUT2D eigenvalue weighted by molar-refractivity contribution is 0.412. The lowest BCUT2D eigenvalue weighted by Gasteiger charge is -2.36. The number of anilines is 1. The van der Waals surface area contributed by atoms with Crippen molar-refractivity contribution in [1.29, 1.82) is 5.26 Å². The molecule has 5 nitrogen and oxygen atoms in total. The Kier molecular flexibility index (Phi) is 7.83. The van der Waals surface area contributed by atoms with E-state index >= 15 is 0 Å². The Balaban J connectivity index is 1.46. The molecule has 1 fully saturated rings. The second-order valence-electron chi connectivity index (χ2n) is 8.88. The maximum Gasteiger partial charge on any atom is 0.0991 e. The topological polar surface area (TPSA) is 64.6 Å². The molecular weight excluding hydrogens is 420 g/mol. The molecule has 0 atom stereocenters. The van der Waals surface area contributed by atoms with Crippen LogP contribution in [0, 0.1) is 11.3 Å². The van der Waals surface area contributed by atoms with E-state index in [-0.39, 0.29) is 0 Å². The normalized spacial score (nSPS) is 13.7. The van der Waals surface area contributed by atoms with E-state index in [1.807, 2.05) is 36.6 Å². The molecule has 0 bridgehead atoms. The number of nitrogens with one attached hydrogen (secondary N) is 1. The quantitative estimate of drug-likeness (QED) is 0.351. The van der Waals surface area contributed by atoms with E-state index in [1.165, 1.54) is 43.2 Å². The fourth-order valence-electron chi connectivity index (χ4n) is 4.67. The smallest absolute Gasteiger partial charge is 0.0991 e. The van der Waals surface area contributed by atoms with E-state index in [0.717, 1.165) is 42.1 Å². The average Bonchev–Trinajstić information content (AvgIpc) is 3.41. The molecule has 1 N–H and O–H groups in total. The molecule has 2 aromatic carbocycles. The van der Waals surface area contributed by atoms with Crippen LogP contribution in [0.1, 0.15) is 54.4 Å². The zero-order valence-electron chi connectivity index (χ0n) is 19.7. The van der Waals surface area contributed by atoms with Crippen LogP contribution in [0.3, 0.4) is 0 Å². The fraction of sp³-hybridized carbons (Fsp3) is 0.310. The summed E-state index contributed by atoms with van der Waals surface area (Å²) in [5.41, 5.74) is 6.89. The number of aliphatic imine (C=N–C) groups is 1. The van der Waals surface area contributed by atoms with Crippen LogP contribution in [-0.4, -0.2) is 19.3 Å². The second-order valence-corrected chi connectivity index (χ2v) is 8.88. The van der Waals surface area contributed by atoms with Gasteiger partial charge in [-0.1, -0.05) is 44.0 Å². The summed E-state index contributed by atoms with van der Waals surface area (Å²) in [7, 11) is 0. The van der Waals surface area contributed by atoms with Crippen molar-refractivity contribution in [1.82, 2.24) is 5.32 Å². The summed E-state index contributed by atoms with van der Waals surface area (Å²) in [6.07, 6.45) is 10.6. The summed E-state index contributed by atoms with van der Waals surface area (Å²) < 4.78 is 5.33. The van der Waals surface area contributed by atoms with Crippen molar-refractivity contribution in [3.8, 4) is 6.07 Å². The maximum absolute atomic E-state index is 8.94. The Morgan fingerprint density at radius 3 is 2.56 bits per heavy atom. The van der Waals surface area contributed by atoms with Crippen molar-refractivity contribution in [3.05, 3.63) is 89.9 Å². The first kappa shape index (κ1) is 23.4. The van der Waals surface area contributed by atoms with Gasteiger partial charge in [-0.05, 0) is 67.4 Å². The largest absolute Gasteiger partial charge is 0.472 e. The highest BCUT2D eigenvalue weighted by atomic mass is 16.3.